The molecule has 1 aliphatic heterocycles. The zero-order chi connectivity index (χ0) is 25.5. The molecule has 3 rings (SSSR count). The van der Waals surface area contributed by atoms with Crippen molar-refractivity contribution in [2.75, 3.05) is 32.8 Å². The highest BCUT2D eigenvalue weighted by Crippen LogP contribution is 2.18. The first kappa shape index (κ1) is 27.5. The van der Waals surface area contributed by atoms with Crippen LogP contribution in [-0.2, 0) is 32.1 Å². The summed E-state index contributed by atoms with van der Waals surface area (Å²) < 4.78 is 5.86. The number of hydrogen-bond donors (Lipinski definition) is 3. The highest BCUT2D eigenvalue weighted by Gasteiger charge is 2.20. The lowest BCUT2D eigenvalue weighted by Crippen LogP contribution is -2.42. The minimum atomic E-state index is -1.82. The quantitative estimate of drug-likeness (QED) is 0.464. The van der Waals surface area contributed by atoms with Crippen molar-refractivity contribution >= 4 is 17.8 Å². The van der Waals surface area contributed by atoms with Crippen LogP contribution in [0.5, 0.6) is 0 Å². The van der Waals surface area contributed by atoms with Crippen LogP contribution in [0.3, 0.4) is 0 Å². The summed E-state index contributed by atoms with van der Waals surface area (Å²) in [6, 6.07) is 19.9. The number of nitrogens with zero attached hydrogens (tertiary/aromatic N) is 2. The van der Waals surface area contributed by atoms with Gasteiger partial charge in [-0.15, -0.1) is 0 Å². The van der Waals surface area contributed by atoms with E-state index in [0.29, 0.717) is 31.2 Å². The SMILES string of the molecule is N#Cc1ccc(COCC2CCN(CC(=O)NCCc3ccccc3)CC2)cc1.O=C(O)C(=O)O. The summed E-state index contributed by atoms with van der Waals surface area (Å²) in [5.41, 5.74) is 3.01. The van der Waals surface area contributed by atoms with Gasteiger partial charge in [-0.3, -0.25) is 9.69 Å². The third-order valence-electron chi connectivity index (χ3n) is 5.54. The molecule has 0 aromatic heterocycles. The normalized spacial score (nSPS) is 13.7. The van der Waals surface area contributed by atoms with Crippen LogP contribution in [0.4, 0.5) is 0 Å². The van der Waals surface area contributed by atoms with Gasteiger partial charge < -0.3 is 20.3 Å². The second kappa shape index (κ2) is 15.2. The van der Waals surface area contributed by atoms with Crippen molar-refractivity contribution in [2.45, 2.75) is 25.9 Å². The number of piperidine rings is 1. The van der Waals surface area contributed by atoms with E-state index < -0.39 is 11.9 Å². The van der Waals surface area contributed by atoms with Crippen molar-refractivity contribution in [3.63, 3.8) is 0 Å². The molecule has 0 spiro atoms. The van der Waals surface area contributed by atoms with Gasteiger partial charge in [0.15, 0.2) is 0 Å². The molecule has 1 aliphatic rings. The lowest BCUT2D eigenvalue weighted by molar-refractivity contribution is -0.159. The molecule has 0 unspecified atom stereocenters. The number of ether oxygens (including phenoxy) is 1. The van der Waals surface area contributed by atoms with Gasteiger partial charge in [-0.1, -0.05) is 42.5 Å². The smallest absolute Gasteiger partial charge is 0.414 e. The predicted octanol–water partition coefficient (Wildman–Crippen LogP) is 2.30. The number of carbonyl (C=O) groups is 3. The number of benzene rings is 2. The molecule has 0 aliphatic carbocycles. The summed E-state index contributed by atoms with van der Waals surface area (Å²) >= 11 is 0. The summed E-state index contributed by atoms with van der Waals surface area (Å²) in [5.74, 6) is -2.99. The number of hydrogen-bond acceptors (Lipinski definition) is 6. The van der Waals surface area contributed by atoms with E-state index in [0.717, 1.165) is 44.5 Å². The third kappa shape index (κ3) is 11.3. The molecule has 35 heavy (non-hydrogen) atoms. The fourth-order valence-electron chi connectivity index (χ4n) is 3.58. The average molecular weight is 482 g/mol. The fraction of sp³-hybridized carbons (Fsp3) is 0.385. The molecule has 0 atom stereocenters. The Labute approximate surface area is 204 Å². The molecule has 3 N–H and O–H groups in total. The lowest BCUT2D eigenvalue weighted by Gasteiger charge is -2.31. The van der Waals surface area contributed by atoms with Crippen molar-refractivity contribution in [1.29, 1.82) is 5.26 Å². The Hall–Kier alpha value is -3.74. The van der Waals surface area contributed by atoms with Crippen molar-refractivity contribution in [3.8, 4) is 6.07 Å². The third-order valence-corrected chi connectivity index (χ3v) is 5.54. The Morgan fingerprint density at radius 2 is 1.60 bits per heavy atom. The van der Waals surface area contributed by atoms with E-state index in [4.69, 9.17) is 29.8 Å². The summed E-state index contributed by atoms with van der Waals surface area (Å²) in [7, 11) is 0. The maximum atomic E-state index is 12.2. The van der Waals surface area contributed by atoms with E-state index in [-0.39, 0.29) is 5.91 Å². The second-order valence-corrected chi connectivity index (χ2v) is 8.24. The van der Waals surface area contributed by atoms with Crippen molar-refractivity contribution in [1.82, 2.24) is 10.2 Å². The Balaban J connectivity index is 0.000000641. The molecule has 1 heterocycles. The van der Waals surface area contributed by atoms with Crippen molar-refractivity contribution in [2.24, 2.45) is 5.92 Å². The van der Waals surface area contributed by atoms with Gasteiger partial charge >= 0.3 is 11.9 Å². The first-order valence-corrected chi connectivity index (χ1v) is 11.4. The number of nitriles is 1. The van der Waals surface area contributed by atoms with Crippen LogP contribution in [0.25, 0.3) is 0 Å². The molecule has 2 aromatic carbocycles. The molecule has 0 saturated carbocycles. The highest BCUT2D eigenvalue weighted by atomic mass is 16.5. The number of carboxylic acids is 2. The van der Waals surface area contributed by atoms with Crippen LogP contribution in [-0.4, -0.2) is 65.7 Å². The van der Waals surface area contributed by atoms with Crippen LogP contribution in [0.2, 0.25) is 0 Å². The summed E-state index contributed by atoms with van der Waals surface area (Å²) in [6.07, 6.45) is 2.99. The Morgan fingerprint density at radius 3 is 2.17 bits per heavy atom. The summed E-state index contributed by atoms with van der Waals surface area (Å²) in [4.78, 5) is 32.6. The number of likely N-dealkylation sites (tertiary alicyclic amines) is 1. The molecule has 9 heteroatoms. The molecule has 0 radical (unpaired) electrons. The van der Waals surface area contributed by atoms with E-state index >= 15 is 0 Å². The number of carbonyl (C=O) groups excluding carboxylic acids is 1. The molecule has 9 nitrogen and oxygen atoms in total. The molecule has 1 amide bonds. The maximum absolute atomic E-state index is 12.2. The maximum Gasteiger partial charge on any atom is 0.414 e. The van der Waals surface area contributed by atoms with Gasteiger partial charge in [-0.25, -0.2) is 9.59 Å². The number of rotatable bonds is 9. The van der Waals surface area contributed by atoms with E-state index in [9.17, 15) is 4.79 Å². The first-order valence-electron chi connectivity index (χ1n) is 11.4. The van der Waals surface area contributed by atoms with Gasteiger partial charge in [0.25, 0.3) is 0 Å². The van der Waals surface area contributed by atoms with E-state index in [1.54, 1.807) is 0 Å². The number of carboxylic acid groups (broad SMARTS) is 2. The molecule has 1 fully saturated rings. The number of amides is 1. The highest BCUT2D eigenvalue weighted by molar-refractivity contribution is 6.27. The first-order chi connectivity index (χ1) is 16.9. The summed E-state index contributed by atoms with van der Waals surface area (Å²) in [5, 5.41) is 26.6. The van der Waals surface area contributed by atoms with Gasteiger partial charge in [0.05, 0.1) is 24.8 Å². The van der Waals surface area contributed by atoms with Gasteiger partial charge in [-0.05, 0) is 61.5 Å². The van der Waals surface area contributed by atoms with Crippen LogP contribution in [0.15, 0.2) is 54.6 Å². The standard InChI is InChI=1S/C24H29N3O2.C2H2O4/c25-16-21-6-8-22(9-7-21)18-29-19-23-11-14-27(15-12-23)17-24(28)26-13-10-20-4-2-1-3-5-20;3-1(4)2(5)6/h1-9,23H,10-15,17-19H2,(H,26,28);(H,3,4)(H,5,6). The summed E-state index contributed by atoms with van der Waals surface area (Å²) in [6.45, 7) is 4.37. The zero-order valence-corrected chi connectivity index (χ0v) is 19.6. The second-order valence-electron chi connectivity index (χ2n) is 8.24. The Kier molecular flexibility index (Phi) is 12.0. The molecule has 186 valence electrons. The topological polar surface area (TPSA) is 140 Å². The Morgan fingerprint density at radius 1 is 0.971 bits per heavy atom. The molecular formula is C26H31N3O6. The average Bonchev–Trinajstić information content (AvgIpc) is 2.86. The molecule has 2 aromatic rings. The van der Waals surface area contributed by atoms with Crippen molar-refractivity contribution in [3.05, 3.63) is 71.3 Å². The molecular weight excluding hydrogens is 450 g/mol. The van der Waals surface area contributed by atoms with E-state index in [1.165, 1.54) is 5.56 Å². The van der Waals surface area contributed by atoms with Crippen molar-refractivity contribution < 1.29 is 29.3 Å². The molecule has 0 bridgehead atoms. The largest absolute Gasteiger partial charge is 0.473 e. The Bertz CT molecular complexity index is 968. The van der Waals surface area contributed by atoms with Gasteiger partial charge in [0, 0.05) is 13.2 Å². The zero-order valence-electron chi connectivity index (χ0n) is 19.6. The van der Waals surface area contributed by atoms with Gasteiger partial charge in [-0.2, -0.15) is 5.26 Å². The minimum absolute atomic E-state index is 0.108. The van der Waals surface area contributed by atoms with Gasteiger partial charge in [0.1, 0.15) is 0 Å². The number of nitrogens with one attached hydrogen (secondary N) is 1. The number of aliphatic carboxylic acids is 2. The fourth-order valence-corrected chi connectivity index (χ4v) is 3.58. The van der Waals surface area contributed by atoms with Crippen LogP contribution >= 0.6 is 0 Å². The van der Waals surface area contributed by atoms with E-state index in [2.05, 4.69) is 28.4 Å². The monoisotopic (exact) mass is 481 g/mol. The van der Waals surface area contributed by atoms with Crippen LogP contribution in [0, 0.1) is 17.2 Å². The van der Waals surface area contributed by atoms with E-state index in [1.807, 2.05) is 42.5 Å². The van der Waals surface area contributed by atoms with Gasteiger partial charge in [0.2, 0.25) is 5.91 Å². The minimum Gasteiger partial charge on any atom is -0.473 e. The van der Waals surface area contributed by atoms with Crippen LogP contribution < -0.4 is 5.32 Å². The predicted molar refractivity (Wildman–Crippen MR) is 128 cm³/mol. The van der Waals surface area contributed by atoms with Crippen LogP contribution in [0.1, 0.15) is 29.5 Å². The molecule has 1 saturated heterocycles. The lowest BCUT2D eigenvalue weighted by atomic mass is 9.98.